The van der Waals surface area contributed by atoms with Crippen LogP contribution in [0.25, 0.3) is 0 Å². The molecular weight excluding hydrogens is 602 g/mol. The lowest BCUT2D eigenvalue weighted by molar-refractivity contribution is -0.139. The van der Waals surface area contributed by atoms with Crippen LogP contribution in [0.2, 0.25) is 5.02 Å². The Morgan fingerprint density at radius 1 is 0.974 bits per heavy atom. The molecule has 0 saturated heterocycles. The summed E-state index contributed by atoms with van der Waals surface area (Å²) >= 11 is 9.81. The van der Waals surface area contributed by atoms with Gasteiger partial charge in [-0.2, -0.15) is 0 Å². The number of aryl methyl sites for hydroxylation is 1. The zero-order chi connectivity index (χ0) is 28.9. The lowest BCUT2D eigenvalue weighted by Gasteiger charge is -2.33. The Balaban J connectivity index is 2.08. The van der Waals surface area contributed by atoms with Gasteiger partial charge in [0.2, 0.25) is 11.8 Å². The summed E-state index contributed by atoms with van der Waals surface area (Å²) in [6, 6.07) is 17.8. The zero-order valence-corrected chi connectivity index (χ0v) is 25.8. The molecule has 2 amide bonds. The van der Waals surface area contributed by atoms with Crippen molar-refractivity contribution in [2.45, 2.75) is 58.1 Å². The third-order valence-electron chi connectivity index (χ3n) is 6.24. The number of hydrogen-bond donors (Lipinski definition) is 1. The number of nitrogens with zero attached hydrogens (tertiary/aromatic N) is 2. The number of anilines is 1. The van der Waals surface area contributed by atoms with Crippen molar-refractivity contribution in [2.75, 3.05) is 10.8 Å². The first-order chi connectivity index (χ1) is 18.3. The molecule has 0 aliphatic carbocycles. The van der Waals surface area contributed by atoms with Crippen molar-refractivity contribution in [2.24, 2.45) is 0 Å². The molecule has 1 atom stereocenters. The average Bonchev–Trinajstić information content (AvgIpc) is 2.87. The standard InChI is InChI=1S/C29H33BrClN3O4S/c1-19(2)32-29(36)22(5)33(17-23-8-6-9-24(30)16-23)28(35)18-34(27-11-7-10-26(31)21(27)4)39(37,38)25-14-12-20(3)13-15-25/h6-16,19,22H,17-18H2,1-5H3,(H,32,36)/t22-/m1/s1. The van der Waals surface area contributed by atoms with E-state index in [0.29, 0.717) is 10.6 Å². The minimum Gasteiger partial charge on any atom is -0.352 e. The number of benzene rings is 3. The van der Waals surface area contributed by atoms with Crippen LogP contribution in [0.4, 0.5) is 5.69 Å². The molecule has 0 bridgehead atoms. The van der Waals surface area contributed by atoms with Crippen molar-refractivity contribution in [3.05, 3.63) is 92.9 Å². The quantitative estimate of drug-likeness (QED) is 0.303. The SMILES string of the molecule is Cc1ccc(S(=O)(=O)N(CC(=O)N(Cc2cccc(Br)c2)[C@H](C)C(=O)NC(C)C)c2cccc(Cl)c2C)cc1. The van der Waals surface area contributed by atoms with E-state index in [2.05, 4.69) is 21.2 Å². The monoisotopic (exact) mass is 633 g/mol. The molecule has 0 radical (unpaired) electrons. The van der Waals surface area contributed by atoms with Crippen molar-refractivity contribution in [1.82, 2.24) is 10.2 Å². The van der Waals surface area contributed by atoms with Crippen molar-refractivity contribution in [3.8, 4) is 0 Å². The number of sulfonamides is 1. The largest absolute Gasteiger partial charge is 0.352 e. The molecule has 3 aromatic rings. The van der Waals surface area contributed by atoms with Gasteiger partial charge in [0.1, 0.15) is 12.6 Å². The van der Waals surface area contributed by atoms with Crippen LogP contribution in [-0.4, -0.2) is 43.8 Å². The molecule has 3 rings (SSSR count). The molecule has 0 saturated carbocycles. The third kappa shape index (κ3) is 7.62. The van der Waals surface area contributed by atoms with Crippen molar-refractivity contribution in [3.63, 3.8) is 0 Å². The van der Waals surface area contributed by atoms with Crippen LogP contribution < -0.4 is 9.62 Å². The van der Waals surface area contributed by atoms with Crippen LogP contribution in [-0.2, 0) is 26.2 Å². The van der Waals surface area contributed by atoms with Crippen molar-refractivity contribution < 1.29 is 18.0 Å². The Bertz CT molecular complexity index is 1450. The number of nitrogens with one attached hydrogen (secondary N) is 1. The summed E-state index contributed by atoms with van der Waals surface area (Å²) in [7, 11) is -4.16. The minimum absolute atomic E-state index is 0.0458. The Kier molecular flexibility index (Phi) is 10.2. The van der Waals surface area contributed by atoms with Gasteiger partial charge in [0.25, 0.3) is 10.0 Å². The Hall–Kier alpha value is -2.88. The summed E-state index contributed by atoms with van der Waals surface area (Å²) in [6.45, 7) is 8.46. The van der Waals surface area contributed by atoms with E-state index in [9.17, 15) is 18.0 Å². The predicted octanol–water partition coefficient (Wildman–Crippen LogP) is 5.86. The van der Waals surface area contributed by atoms with Gasteiger partial charge in [-0.05, 0) is 82.1 Å². The van der Waals surface area contributed by atoms with Crippen LogP contribution >= 0.6 is 27.5 Å². The van der Waals surface area contributed by atoms with Gasteiger partial charge in [0, 0.05) is 22.1 Å². The number of amides is 2. The Morgan fingerprint density at radius 2 is 1.62 bits per heavy atom. The first-order valence-corrected chi connectivity index (χ1v) is 15.1. The maximum absolute atomic E-state index is 14.0. The second kappa shape index (κ2) is 13.0. The van der Waals surface area contributed by atoms with Gasteiger partial charge in [-0.3, -0.25) is 13.9 Å². The zero-order valence-electron chi connectivity index (χ0n) is 22.6. The van der Waals surface area contributed by atoms with E-state index < -0.39 is 28.5 Å². The summed E-state index contributed by atoms with van der Waals surface area (Å²) < 4.78 is 29.8. The van der Waals surface area contributed by atoms with Gasteiger partial charge in [-0.25, -0.2) is 8.42 Å². The normalized spacial score (nSPS) is 12.2. The van der Waals surface area contributed by atoms with E-state index in [1.54, 1.807) is 44.2 Å². The molecule has 0 aromatic heterocycles. The van der Waals surface area contributed by atoms with E-state index in [4.69, 9.17) is 11.6 Å². The van der Waals surface area contributed by atoms with E-state index in [1.807, 2.05) is 45.0 Å². The highest BCUT2D eigenvalue weighted by Crippen LogP contribution is 2.31. The first-order valence-electron chi connectivity index (χ1n) is 12.5. The van der Waals surface area contributed by atoms with E-state index in [1.165, 1.54) is 17.0 Å². The van der Waals surface area contributed by atoms with Gasteiger partial charge >= 0.3 is 0 Å². The van der Waals surface area contributed by atoms with Gasteiger partial charge in [-0.1, -0.05) is 63.4 Å². The fourth-order valence-electron chi connectivity index (χ4n) is 4.04. The smallest absolute Gasteiger partial charge is 0.264 e. The maximum Gasteiger partial charge on any atom is 0.264 e. The summed E-state index contributed by atoms with van der Waals surface area (Å²) in [6.07, 6.45) is 0. The van der Waals surface area contributed by atoms with Crippen LogP contribution in [0.5, 0.6) is 0 Å². The van der Waals surface area contributed by atoms with Gasteiger partial charge < -0.3 is 10.2 Å². The number of carbonyl (C=O) groups excluding carboxylic acids is 2. The number of hydrogen-bond acceptors (Lipinski definition) is 4. The number of halogens is 2. The Labute approximate surface area is 244 Å². The molecule has 1 N–H and O–H groups in total. The summed E-state index contributed by atoms with van der Waals surface area (Å²) in [5.41, 5.74) is 2.50. The molecule has 3 aromatic carbocycles. The van der Waals surface area contributed by atoms with Gasteiger partial charge in [0.15, 0.2) is 0 Å². The second-order valence-electron chi connectivity index (χ2n) is 9.70. The molecule has 7 nitrogen and oxygen atoms in total. The predicted molar refractivity (Wildman–Crippen MR) is 159 cm³/mol. The van der Waals surface area contributed by atoms with E-state index in [0.717, 1.165) is 19.9 Å². The highest BCUT2D eigenvalue weighted by atomic mass is 79.9. The summed E-state index contributed by atoms with van der Waals surface area (Å²) in [4.78, 5) is 28.4. The van der Waals surface area contributed by atoms with Gasteiger partial charge in [0.05, 0.1) is 10.6 Å². The summed E-state index contributed by atoms with van der Waals surface area (Å²) in [5.74, 6) is -0.864. The van der Waals surface area contributed by atoms with Crippen LogP contribution in [0.15, 0.2) is 76.1 Å². The lowest BCUT2D eigenvalue weighted by Crippen LogP contribution is -2.52. The molecule has 0 unspecified atom stereocenters. The molecule has 0 spiro atoms. The topological polar surface area (TPSA) is 86.8 Å². The molecule has 0 fully saturated rings. The maximum atomic E-state index is 14.0. The van der Waals surface area contributed by atoms with Crippen LogP contribution in [0.3, 0.4) is 0 Å². The lowest BCUT2D eigenvalue weighted by atomic mass is 10.1. The fourth-order valence-corrected chi connectivity index (χ4v) is 6.12. The van der Waals surface area contributed by atoms with Crippen LogP contribution in [0.1, 0.15) is 37.5 Å². The average molecular weight is 635 g/mol. The molecule has 0 aliphatic heterocycles. The molecular formula is C29H33BrClN3O4S. The molecule has 39 heavy (non-hydrogen) atoms. The second-order valence-corrected chi connectivity index (χ2v) is 12.9. The molecule has 0 aliphatic rings. The minimum atomic E-state index is -4.16. The summed E-state index contributed by atoms with van der Waals surface area (Å²) in [5, 5.41) is 3.22. The van der Waals surface area contributed by atoms with E-state index in [-0.39, 0.29) is 29.1 Å². The van der Waals surface area contributed by atoms with Crippen molar-refractivity contribution >= 4 is 55.1 Å². The van der Waals surface area contributed by atoms with E-state index >= 15 is 0 Å². The van der Waals surface area contributed by atoms with Gasteiger partial charge in [-0.15, -0.1) is 0 Å². The van der Waals surface area contributed by atoms with Crippen molar-refractivity contribution in [1.29, 1.82) is 0 Å². The fraction of sp³-hybridized carbons (Fsp3) is 0.310. The Morgan fingerprint density at radius 3 is 2.23 bits per heavy atom. The van der Waals surface area contributed by atoms with Crippen LogP contribution in [0, 0.1) is 13.8 Å². The number of rotatable bonds is 10. The highest BCUT2D eigenvalue weighted by molar-refractivity contribution is 9.10. The molecule has 0 heterocycles. The first kappa shape index (κ1) is 30.7. The molecule has 10 heteroatoms. The molecule has 208 valence electrons. The third-order valence-corrected chi connectivity index (χ3v) is 8.91. The number of carbonyl (C=O) groups is 2. The highest BCUT2D eigenvalue weighted by Gasteiger charge is 2.33.